The second-order valence-electron chi connectivity index (χ2n) is 5.96. The quantitative estimate of drug-likeness (QED) is 0.896. The molecule has 1 fully saturated rings. The molecule has 3 rings (SSSR count). The van der Waals surface area contributed by atoms with Crippen LogP contribution in [0.5, 0.6) is 0 Å². The Morgan fingerprint density at radius 2 is 2.00 bits per heavy atom. The molecule has 0 atom stereocenters. The third-order valence-electron chi connectivity index (χ3n) is 4.49. The predicted octanol–water partition coefficient (Wildman–Crippen LogP) is 1.89. The highest BCUT2D eigenvalue weighted by Crippen LogP contribution is 2.33. The maximum atomic E-state index is 9.32. The van der Waals surface area contributed by atoms with E-state index in [9.17, 15) is 5.11 Å². The van der Waals surface area contributed by atoms with Gasteiger partial charge in [-0.1, -0.05) is 6.92 Å². The molecule has 6 heteroatoms. The zero-order chi connectivity index (χ0) is 16.2. The maximum Gasteiger partial charge on any atom is 0.140 e. The number of aliphatic hydroxyl groups is 1. The highest BCUT2D eigenvalue weighted by Gasteiger charge is 2.23. The van der Waals surface area contributed by atoms with Crippen LogP contribution in [0.1, 0.15) is 25.5 Å². The first-order valence-corrected chi connectivity index (χ1v) is 8.14. The second-order valence-corrected chi connectivity index (χ2v) is 5.96. The van der Waals surface area contributed by atoms with Gasteiger partial charge in [0.05, 0.1) is 5.69 Å². The molecule has 0 saturated carbocycles. The number of piperidine rings is 1. The van der Waals surface area contributed by atoms with Crippen molar-refractivity contribution < 1.29 is 5.11 Å². The van der Waals surface area contributed by atoms with Crippen LogP contribution < -0.4 is 10.6 Å². The standard InChI is InChI=1S/C17H23N5O/c1-2-14-16(13-3-4-15(18)19-9-13)17(21-11-20-14)22-7-5-12(10-23)6-8-22/h3-4,9,11-12,23H,2,5-8,10H2,1H3,(H2,18,19). The number of nitrogens with two attached hydrogens (primary N) is 1. The molecule has 0 bridgehead atoms. The van der Waals surface area contributed by atoms with Crippen molar-refractivity contribution in [3.8, 4) is 11.1 Å². The van der Waals surface area contributed by atoms with Gasteiger partial charge >= 0.3 is 0 Å². The number of hydrogen-bond donors (Lipinski definition) is 2. The summed E-state index contributed by atoms with van der Waals surface area (Å²) in [7, 11) is 0. The van der Waals surface area contributed by atoms with Gasteiger partial charge < -0.3 is 15.7 Å². The zero-order valence-electron chi connectivity index (χ0n) is 13.4. The molecule has 6 nitrogen and oxygen atoms in total. The summed E-state index contributed by atoms with van der Waals surface area (Å²) in [4.78, 5) is 15.5. The molecule has 122 valence electrons. The van der Waals surface area contributed by atoms with E-state index in [-0.39, 0.29) is 6.61 Å². The number of nitrogen functional groups attached to an aromatic ring is 1. The van der Waals surface area contributed by atoms with E-state index in [0.717, 1.165) is 55.0 Å². The summed E-state index contributed by atoms with van der Waals surface area (Å²) >= 11 is 0. The first kappa shape index (κ1) is 15.7. The Kier molecular flexibility index (Phi) is 4.71. The van der Waals surface area contributed by atoms with Crippen molar-refractivity contribution in [1.29, 1.82) is 0 Å². The van der Waals surface area contributed by atoms with Crippen LogP contribution in [-0.2, 0) is 6.42 Å². The van der Waals surface area contributed by atoms with Crippen molar-refractivity contribution in [3.63, 3.8) is 0 Å². The first-order valence-electron chi connectivity index (χ1n) is 8.14. The Balaban J connectivity index is 1.99. The molecule has 0 amide bonds. The zero-order valence-corrected chi connectivity index (χ0v) is 13.4. The van der Waals surface area contributed by atoms with E-state index in [2.05, 4.69) is 26.8 Å². The molecule has 0 aromatic carbocycles. The lowest BCUT2D eigenvalue weighted by Gasteiger charge is -2.33. The van der Waals surface area contributed by atoms with E-state index in [1.54, 1.807) is 12.5 Å². The van der Waals surface area contributed by atoms with E-state index in [4.69, 9.17) is 5.73 Å². The Hall–Kier alpha value is -2.21. The average Bonchev–Trinajstić information content (AvgIpc) is 2.62. The van der Waals surface area contributed by atoms with E-state index >= 15 is 0 Å². The Bertz CT molecular complexity index is 651. The molecule has 0 aliphatic carbocycles. The summed E-state index contributed by atoms with van der Waals surface area (Å²) in [6, 6.07) is 3.79. The van der Waals surface area contributed by atoms with Crippen LogP contribution in [0.4, 0.5) is 11.6 Å². The number of pyridine rings is 1. The van der Waals surface area contributed by atoms with Crippen molar-refractivity contribution in [1.82, 2.24) is 15.0 Å². The summed E-state index contributed by atoms with van der Waals surface area (Å²) in [5.41, 5.74) is 8.77. The van der Waals surface area contributed by atoms with Crippen LogP contribution in [0.2, 0.25) is 0 Å². The lowest BCUT2D eigenvalue weighted by atomic mass is 9.96. The molecular weight excluding hydrogens is 290 g/mol. The molecule has 3 heterocycles. The lowest BCUT2D eigenvalue weighted by molar-refractivity contribution is 0.203. The van der Waals surface area contributed by atoms with Crippen LogP contribution in [-0.4, -0.2) is 39.8 Å². The van der Waals surface area contributed by atoms with Gasteiger partial charge in [-0.25, -0.2) is 15.0 Å². The number of hydrogen-bond acceptors (Lipinski definition) is 6. The number of anilines is 2. The molecule has 1 saturated heterocycles. The van der Waals surface area contributed by atoms with Gasteiger partial charge in [0.25, 0.3) is 0 Å². The van der Waals surface area contributed by atoms with Crippen molar-refractivity contribution >= 4 is 11.6 Å². The SMILES string of the molecule is CCc1ncnc(N2CCC(CO)CC2)c1-c1ccc(N)nc1. The van der Waals surface area contributed by atoms with Crippen LogP contribution in [0.3, 0.4) is 0 Å². The molecule has 3 N–H and O–H groups in total. The summed E-state index contributed by atoms with van der Waals surface area (Å²) in [6.07, 6.45) is 6.24. The largest absolute Gasteiger partial charge is 0.396 e. The third kappa shape index (κ3) is 3.27. The normalized spacial score (nSPS) is 15.8. The number of nitrogens with zero attached hydrogens (tertiary/aromatic N) is 4. The molecule has 0 spiro atoms. The number of aryl methyl sites for hydroxylation is 1. The monoisotopic (exact) mass is 313 g/mol. The first-order chi connectivity index (χ1) is 11.2. The third-order valence-corrected chi connectivity index (χ3v) is 4.49. The van der Waals surface area contributed by atoms with E-state index in [0.29, 0.717) is 11.7 Å². The predicted molar refractivity (Wildman–Crippen MR) is 91.1 cm³/mol. The van der Waals surface area contributed by atoms with Gasteiger partial charge in [-0.05, 0) is 37.3 Å². The summed E-state index contributed by atoms with van der Waals surface area (Å²) in [6.45, 7) is 4.17. The minimum absolute atomic E-state index is 0.270. The van der Waals surface area contributed by atoms with Crippen LogP contribution in [0.25, 0.3) is 11.1 Å². The lowest BCUT2D eigenvalue weighted by Crippen LogP contribution is -2.35. The van der Waals surface area contributed by atoms with Crippen LogP contribution >= 0.6 is 0 Å². The number of rotatable bonds is 4. The molecule has 0 unspecified atom stereocenters. The summed E-state index contributed by atoms with van der Waals surface area (Å²) in [5, 5.41) is 9.32. The van der Waals surface area contributed by atoms with Gasteiger partial charge in [-0.15, -0.1) is 0 Å². The Morgan fingerprint density at radius 1 is 1.22 bits per heavy atom. The molecule has 0 radical (unpaired) electrons. The molecule has 2 aromatic rings. The average molecular weight is 313 g/mol. The van der Waals surface area contributed by atoms with Crippen molar-refractivity contribution in [3.05, 3.63) is 30.4 Å². The Labute approximate surface area is 136 Å². The van der Waals surface area contributed by atoms with Gasteiger partial charge in [0.15, 0.2) is 0 Å². The summed E-state index contributed by atoms with van der Waals surface area (Å²) in [5.74, 6) is 1.87. The van der Waals surface area contributed by atoms with Gasteiger partial charge in [-0.3, -0.25) is 0 Å². The van der Waals surface area contributed by atoms with Crippen molar-refractivity contribution in [2.45, 2.75) is 26.2 Å². The van der Waals surface area contributed by atoms with Gasteiger partial charge in [-0.2, -0.15) is 0 Å². The number of aromatic nitrogens is 3. The second kappa shape index (κ2) is 6.91. The fraction of sp³-hybridized carbons (Fsp3) is 0.471. The van der Waals surface area contributed by atoms with Crippen molar-refractivity contribution in [2.24, 2.45) is 5.92 Å². The Morgan fingerprint density at radius 3 is 2.61 bits per heavy atom. The van der Waals surface area contributed by atoms with Gasteiger partial charge in [0.1, 0.15) is 18.0 Å². The fourth-order valence-electron chi connectivity index (χ4n) is 3.10. The molecule has 1 aliphatic heterocycles. The fourth-order valence-corrected chi connectivity index (χ4v) is 3.10. The summed E-state index contributed by atoms with van der Waals surface area (Å²) < 4.78 is 0. The van der Waals surface area contributed by atoms with Crippen LogP contribution in [0, 0.1) is 5.92 Å². The van der Waals surface area contributed by atoms with Gasteiger partial charge in [0.2, 0.25) is 0 Å². The minimum atomic E-state index is 0.270. The minimum Gasteiger partial charge on any atom is -0.396 e. The van der Waals surface area contributed by atoms with Crippen molar-refractivity contribution in [2.75, 3.05) is 30.3 Å². The number of aliphatic hydroxyl groups excluding tert-OH is 1. The molecular formula is C17H23N5O. The topological polar surface area (TPSA) is 88.2 Å². The van der Waals surface area contributed by atoms with Gasteiger partial charge in [0, 0.05) is 37.0 Å². The van der Waals surface area contributed by atoms with Crippen LogP contribution in [0.15, 0.2) is 24.7 Å². The van der Waals surface area contributed by atoms with E-state index < -0.39 is 0 Å². The highest BCUT2D eigenvalue weighted by atomic mass is 16.3. The molecule has 1 aliphatic rings. The maximum absolute atomic E-state index is 9.32. The highest BCUT2D eigenvalue weighted by molar-refractivity contribution is 5.77. The smallest absolute Gasteiger partial charge is 0.140 e. The molecule has 23 heavy (non-hydrogen) atoms. The molecule has 2 aromatic heterocycles. The van der Waals surface area contributed by atoms with E-state index in [1.807, 2.05) is 12.1 Å². The van der Waals surface area contributed by atoms with E-state index in [1.165, 1.54) is 0 Å².